The summed E-state index contributed by atoms with van der Waals surface area (Å²) in [5.74, 6) is -1.21. The molecule has 2 N–H and O–H groups in total. The van der Waals surface area contributed by atoms with Crippen molar-refractivity contribution >= 4 is 0 Å². The van der Waals surface area contributed by atoms with E-state index in [2.05, 4.69) is 10.6 Å². The smallest absolute Gasteiger partial charge is 0.383 e. The summed E-state index contributed by atoms with van der Waals surface area (Å²) in [5, 5.41) is 6.10. The normalized spacial score (nSPS) is 13.4. The van der Waals surface area contributed by atoms with Gasteiger partial charge in [0.1, 0.15) is 5.82 Å². The van der Waals surface area contributed by atoms with E-state index < -0.39 is 17.6 Å². The molecule has 1 aromatic carbocycles. The molecule has 0 heterocycles. The Morgan fingerprint density at radius 2 is 2.00 bits per heavy atom. The van der Waals surface area contributed by atoms with E-state index in [0.717, 1.165) is 6.07 Å². The van der Waals surface area contributed by atoms with Gasteiger partial charge < -0.3 is 15.4 Å². The summed E-state index contributed by atoms with van der Waals surface area (Å²) >= 11 is 0. The molecular formula is C14H20F4N2O. The summed E-state index contributed by atoms with van der Waals surface area (Å²) in [4.78, 5) is 0. The lowest BCUT2D eigenvalue weighted by atomic mass is 10.1. The quantitative estimate of drug-likeness (QED) is 0.572. The fourth-order valence-electron chi connectivity index (χ4n) is 1.78. The van der Waals surface area contributed by atoms with Crippen LogP contribution >= 0.6 is 0 Å². The van der Waals surface area contributed by atoms with E-state index in [1.807, 2.05) is 6.92 Å². The molecule has 1 rings (SSSR count). The Hall–Kier alpha value is -1.18. The number of methoxy groups -OCH3 is 1. The molecule has 0 aliphatic carbocycles. The van der Waals surface area contributed by atoms with Crippen molar-refractivity contribution in [3.63, 3.8) is 0 Å². The summed E-state index contributed by atoms with van der Waals surface area (Å²) in [6.45, 7) is 3.79. The van der Waals surface area contributed by atoms with Gasteiger partial charge in [0.2, 0.25) is 0 Å². The molecule has 0 spiro atoms. The molecule has 0 saturated carbocycles. The molecule has 120 valence electrons. The van der Waals surface area contributed by atoms with Crippen LogP contribution in [0, 0.1) is 5.82 Å². The highest BCUT2D eigenvalue weighted by atomic mass is 19.4. The fourth-order valence-corrected chi connectivity index (χ4v) is 1.78. The molecule has 3 nitrogen and oxygen atoms in total. The lowest BCUT2D eigenvalue weighted by Gasteiger charge is -2.16. The van der Waals surface area contributed by atoms with Crippen LogP contribution in [0.5, 0.6) is 0 Å². The van der Waals surface area contributed by atoms with Gasteiger partial charge in [-0.25, -0.2) is 4.39 Å². The second-order valence-electron chi connectivity index (χ2n) is 4.76. The zero-order valence-corrected chi connectivity index (χ0v) is 12.1. The molecule has 1 unspecified atom stereocenters. The number of halogens is 4. The first-order valence-electron chi connectivity index (χ1n) is 6.64. The van der Waals surface area contributed by atoms with E-state index >= 15 is 0 Å². The van der Waals surface area contributed by atoms with E-state index in [0.29, 0.717) is 19.7 Å². The second kappa shape index (κ2) is 8.31. The van der Waals surface area contributed by atoms with E-state index in [9.17, 15) is 17.6 Å². The van der Waals surface area contributed by atoms with Crippen LogP contribution in [0.4, 0.5) is 17.6 Å². The van der Waals surface area contributed by atoms with Gasteiger partial charge in [-0.3, -0.25) is 0 Å². The van der Waals surface area contributed by atoms with E-state index in [4.69, 9.17) is 4.74 Å². The van der Waals surface area contributed by atoms with Crippen molar-refractivity contribution in [3.05, 3.63) is 35.1 Å². The number of hydrogen-bond donors (Lipinski definition) is 2. The van der Waals surface area contributed by atoms with E-state index in [-0.39, 0.29) is 18.2 Å². The Balaban J connectivity index is 2.52. The van der Waals surface area contributed by atoms with E-state index in [1.165, 1.54) is 12.1 Å². The zero-order chi connectivity index (χ0) is 15.9. The highest BCUT2D eigenvalue weighted by molar-refractivity contribution is 5.28. The fraction of sp³-hybridized carbons (Fsp3) is 0.571. The first kappa shape index (κ1) is 17.9. The summed E-state index contributed by atoms with van der Waals surface area (Å²) in [6, 6.07) is 3.30. The Labute approximate surface area is 121 Å². The number of alkyl halides is 3. The van der Waals surface area contributed by atoms with Crippen LogP contribution in [-0.4, -0.2) is 32.8 Å². The van der Waals surface area contributed by atoms with Gasteiger partial charge >= 0.3 is 6.18 Å². The summed E-state index contributed by atoms with van der Waals surface area (Å²) in [7, 11) is 1.60. The molecule has 0 amide bonds. The first-order chi connectivity index (χ1) is 9.86. The number of nitrogens with one attached hydrogen (secondary N) is 2. The monoisotopic (exact) mass is 308 g/mol. The van der Waals surface area contributed by atoms with Crippen molar-refractivity contribution in [1.82, 2.24) is 10.6 Å². The van der Waals surface area contributed by atoms with Gasteiger partial charge in [0.25, 0.3) is 0 Å². The lowest BCUT2D eigenvalue weighted by molar-refractivity contribution is -0.140. The van der Waals surface area contributed by atoms with Crippen LogP contribution in [0.1, 0.15) is 18.1 Å². The molecule has 1 aromatic rings. The van der Waals surface area contributed by atoms with Crippen LogP contribution in [0.2, 0.25) is 0 Å². The van der Waals surface area contributed by atoms with Gasteiger partial charge in [-0.2, -0.15) is 13.2 Å². The molecule has 0 aromatic heterocycles. The Morgan fingerprint density at radius 3 is 2.62 bits per heavy atom. The third-order valence-electron chi connectivity index (χ3n) is 2.96. The predicted octanol–water partition coefficient (Wildman–Crippen LogP) is 2.56. The molecule has 0 aliphatic rings. The highest BCUT2D eigenvalue weighted by Crippen LogP contribution is 2.32. The summed E-state index contributed by atoms with van der Waals surface area (Å²) in [5.41, 5.74) is -1.22. The minimum Gasteiger partial charge on any atom is -0.383 e. The minimum absolute atomic E-state index is 0.00389. The van der Waals surface area contributed by atoms with Gasteiger partial charge in [0.05, 0.1) is 12.2 Å². The van der Waals surface area contributed by atoms with Crippen molar-refractivity contribution in [1.29, 1.82) is 0 Å². The first-order valence-corrected chi connectivity index (χ1v) is 6.64. The molecule has 0 fully saturated rings. The van der Waals surface area contributed by atoms with Crippen LogP contribution in [0.25, 0.3) is 0 Å². The molecule has 0 bridgehead atoms. The van der Waals surface area contributed by atoms with Crippen LogP contribution in [0.15, 0.2) is 18.2 Å². The number of rotatable bonds is 8. The average Bonchev–Trinajstić information content (AvgIpc) is 2.41. The number of benzene rings is 1. The largest absolute Gasteiger partial charge is 0.419 e. The molecule has 0 radical (unpaired) electrons. The summed E-state index contributed by atoms with van der Waals surface area (Å²) < 4.78 is 56.4. The van der Waals surface area contributed by atoms with Gasteiger partial charge in [-0.15, -0.1) is 0 Å². The van der Waals surface area contributed by atoms with Crippen LogP contribution in [-0.2, 0) is 17.5 Å². The topological polar surface area (TPSA) is 33.3 Å². The van der Waals surface area contributed by atoms with Crippen LogP contribution < -0.4 is 10.6 Å². The predicted molar refractivity (Wildman–Crippen MR) is 72.4 cm³/mol. The van der Waals surface area contributed by atoms with E-state index in [1.54, 1.807) is 7.11 Å². The highest BCUT2D eigenvalue weighted by Gasteiger charge is 2.34. The average molecular weight is 308 g/mol. The maximum absolute atomic E-state index is 13.8. The number of ether oxygens (including phenoxy) is 1. The minimum atomic E-state index is -4.67. The van der Waals surface area contributed by atoms with Gasteiger partial charge in [-0.05, 0) is 13.0 Å². The number of hydrogen-bond acceptors (Lipinski definition) is 3. The maximum Gasteiger partial charge on any atom is 0.419 e. The molecular weight excluding hydrogens is 288 g/mol. The van der Waals surface area contributed by atoms with Gasteiger partial charge in [0.15, 0.2) is 0 Å². The molecule has 21 heavy (non-hydrogen) atoms. The molecule has 7 heteroatoms. The lowest BCUT2D eigenvalue weighted by Crippen LogP contribution is -2.37. The Kier molecular flexibility index (Phi) is 7.07. The van der Waals surface area contributed by atoms with Crippen molar-refractivity contribution < 1.29 is 22.3 Å². The summed E-state index contributed by atoms with van der Waals surface area (Å²) in [6.07, 6.45) is -4.67. The van der Waals surface area contributed by atoms with Crippen LogP contribution in [0.3, 0.4) is 0 Å². The standard InChI is InChI=1S/C14H20F4N2O/c1-10(8-19-6-7-21-2)20-9-11-4-3-5-12(13(11)15)14(16,17)18/h3-5,10,19-20H,6-9H2,1-2H3. The third kappa shape index (κ3) is 5.99. The van der Waals surface area contributed by atoms with Crippen molar-refractivity contribution in [2.24, 2.45) is 0 Å². The van der Waals surface area contributed by atoms with Crippen molar-refractivity contribution in [3.8, 4) is 0 Å². The third-order valence-corrected chi connectivity index (χ3v) is 2.96. The molecule has 1 atom stereocenters. The maximum atomic E-state index is 13.8. The molecule has 0 saturated heterocycles. The Morgan fingerprint density at radius 1 is 1.29 bits per heavy atom. The SMILES string of the molecule is COCCNCC(C)NCc1cccc(C(F)(F)F)c1F. The van der Waals surface area contributed by atoms with Gasteiger partial charge in [0, 0.05) is 38.3 Å². The van der Waals surface area contributed by atoms with Crippen molar-refractivity contribution in [2.75, 3.05) is 26.8 Å². The Bertz CT molecular complexity index is 437. The zero-order valence-electron chi connectivity index (χ0n) is 12.1. The van der Waals surface area contributed by atoms with Gasteiger partial charge in [-0.1, -0.05) is 12.1 Å². The second-order valence-corrected chi connectivity index (χ2v) is 4.76. The molecule has 0 aliphatic heterocycles. The van der Waals surface area contributed by atoms with Crippen molar-refractivity contribution in [2.45, 2.75) is 25.7 Å².